The minimum absolute atomic E-state index is 0.0414. The second-order valence-electron chi connectivity index (χ2n) is 20.3. The number of carbonyl (C=O) groups excluding carboxylic acids is 9. The number of nitrogens with zero attached hydrogens (tertiary/aromatic N) is 4. The molecule has 5 atom stereocenters. The van der Waals surface area contributed by atoms with E-state index < -0.39 is 139 Å². The van der Waals surface area contributed by atoms with Crippen LogP contribution in [0.1, 0.15) is 89.1 Å². The van der Waals surface area contributed by atoms with E-state index in [2.05, 4.69) is 36.9 Å². The van der Waals surface area contributed by atoms with Crippen molar-refractivity contribution in [2.24, 2.45) is 11.1 Å². The first-order chi connectivity index (χ1) is 37.9. The van der Waals surface area contributed by atoms with E-state index in [4.69, 9.17) is 10.8 Å². The summed E-state index contributed by atoms with van der Waals surface area (Å²) in [4.78, 5) is 138. The lowest BCUT2D eigenvalue weighted by Gasteiger charge is -2.41. The van der Waals surface area contributed by atoms with Gasteiger partial charge in [-0.05, 0) is 79.1 Å². The summed E-state index contributed by atoms with van der Waals surface area (Å²) in [6.45, 7) is 4.79. The Morgan fingerprint density at radius 2 is 1.51 bits per heavy atom. The van der Waals surface area contributed by atoms with Crippen LogP contribution in [0.15, 0.2) is 85.3 Å². The molecule has 5 rings (SSSR count). The number of halogens is 2. The molecule has 430 valence electrons. The summed E-state index contributed by atoms with van der Waals surface area (Å²) in [5.41, 5.74) is 6.76. The van der Waals surface area contributed by atoms with Crippen LogP contribution in [0.3, 0.4) is 0 Å². The van der Waals surface area contributed by atoms with Crippen molar-refractivity contribution in [2.45, 2.75) is 109 Å². The lowest BCUT2D eigenvalue weighted by atomic mass is 9.82. The molecule has 80 heavy (non-hydrogen) atoms. The minimum atomic E-state index is -1.73. The Labute approximate surface area is 460 Å². The average molecular weight is 1110 g/mol. The third-order valence-corrected chi connectivity index (χ3v) is 13.0. The van der Waals surface area contributed by atoms with Crippen molar-refractivity contribution >= 4 is 59.1 Å². The average Bonchev–Trinajstić information content (AvgIpc) is 4.10. The molecule has 23 nitrogen and oxygen atoms in total. The zero-order valence-corrected chi connectivity index (χ0v) is 45.0. The standard InChI is InChI=1S/C55H69F2N11O12/c1-33(63-46(72)25-34-16-19-59-20-17-34)54(80)67-23-8-11-42(67)53(79)65-41(28-44(58)70)52(78)64-40(51(77)61-22-21-60-47(73)29-62-45(71)14-15-49(75)76)18-24-68(48(74)32-69)50(55(2,3)4)43-26-36(38-27-37(56)12-13-39(38)57)31-66(43)30-35-9-6-5-7-10-35/h5-7,9-10,12-13,16-17,19-20,26-27,31,33,40-42,50,69H,8,11,14-15,18,21-25,28-30,32H2,1-4H3,(H2,58,70)(H,60,73)(H,61,77)(H,62,71)(H,63,72)(H,64,78)(H,65,79)(H,75,76)/t33-,40-,41-,42+,50-/m0/s1. The number of amides is 9. The van der Waals surface area contributed by atoms with Crippen LogP contribution in [0.25, 0.3) is 11.1 Å². The van der Waals surface area contributed by atoms with E-state index in [0.717, 1.165) is 23.8 Å². The maximum atomic E-state index is 15.4. The van der Waals surface area contributed by atoms with Gasteiger partial charge in [0.25, 0.3) is 0 Å². The van der Waals surface area contributed by atoms with Crippen LogP contribution >= 0.6 is 0 Å². The van der Waals surface area contributed by atoms with E-state index in [-0.39, 0.29) is 63.1 Å². The summed E-state index contributed by atoms with van der Waals surface area (Å²) in [5, 5.41) is 34.4. The third kappa shape index (κ3) is 18.5. The Bertz CT molecular complexity index is 2870. The predicted octanol–water partition coefficient (Wildman–Crippen LogP) is 0.972. The number of carboxylic acid groups (broad SMARTS) is 1. The molecule has 10 N–H and O–H groups in total. The first-order valence-electron chi connectivity index (χ1n) is 26.0. The number of nitrogens with one attached hydrogen (secondary N) is 6. The second kappa shape index (κ2) is 29.4. The molecule has 0 radical (unpaired) electrons. The highest BCUT2D eigenvalue weighted by Gasteiger charge is 2.40. The predicted molar refractivity (Wildman–Crippen MR) is 285 cm³/mol. The van der Waals surface area contributed by atoms with E-state index >= 15 is 4.39 Å². The number of carboxylic acids is 1. The number of benzene rings is 2. The van der Waals surface area contributed by atoms with E-state index in [9.17, 15) is 57.4 Å². The highest BCUT2D eigenvalue weighted by atomic mass is 19.1. The molecule has 0 bridgehead atoms. The van der Waals surface area contributed by atoms with Crippen LogP contribution in [0, 0.1) is 17.0 Å². The van der Waals surface area contributed by atoms with E-state index in [0.29, 0.717) is 17.7 Å². The molecule has 3 heterocycles. The van der Waals surface area contributed by atoms with Gasteiger partial charge in [-0.2, -0.15) is 0 Å². The number of aliphatic carboxylic acids is 1. The number of aliphatic hydroxyl groups excluding tert-OH is 1. The summed E-state index contributed by atoms with van der Waals surface area (Å²) in [7, 11) is 0. The molecule has 0 spiro atoms. The lowest BCUT2D eigenvalue weighted by Crippen LogP contribution is -2.58. The largest absolute Gasteiger partial charge is 0.481 e. The molecule has 2 aromatic heterocycles. The van der Waals surface area contributed by atoms with Gasteiger partial charge >= 0.3 is 5.97 Å². The molecule has 0 aliphatic carbocycles. The van der Waals surface area contributed by atoms with Gasteiger partial charge in [0.15, 0.2) is 0 Å². The monoisotopic (exact) mass is 1110 g/mol. The highest BCUT2D eigenvalue weighted by Crippen LogP contribution is 2.41. The van der Waals surface area contributed by atoms with Crippen molar-refractivity contribution in [1.82, 2.24) is 51.3 Å². The summed E-state index contributed by atoms with van der Waals surface area (Å²) < 4.78 is 31.8. The molecule has 4 aromatic rings. The molecule has 0 unspecified atom stereocenters. The molecular formula is C55H69F2N11O12. The van der Waals surface area contributed by atoms with Crippen LogP contribution in [0.2, 0.25) is 0 Å². The van der Waals surface area contributed by atoms with Gasteiger partial charge in [0.2, 0.25) is 53.2 Å². The molecule has 0 saturated carbocycles. The minimum Gasteiger partial charge on any atom is -0.481 e. The number of primary amides is 1. The number of nitrogens with two attached hydrogens (primary N) is 1. The summed E-state index contributed by atoms with van der Waals surface area (Å²) in [6.07, 6.45) is 3.14. The third-order valence-electron chi connectivity index (χ3n) is 13.0. The maximum absolute atomic E-state index is 15.4. The Morgan fingerprint density at radius 3 is 2.17 bits per heavy atom. The smallest absolute Gasteiger partial charge is 0.303 e. The molecular weight excluding hydrogens is 1040 g/mol. The lowest BCUT2D eigenvalue weighted by molar-refractivity contribution is -0.142. The van der Waals surface area contributed by atoms with Crippen molar-refractivity contribution in [1.29, 1.82) is 0 Å². The number of likely N-dealkylation sites (tertiary alicyclic amines) is 1. The van der Waals surface area contributed by atoms with Gasteiger partial charge in [0.1, 0.15) is 42.4 Å². The number of hydrogen-bond donors (Lipinski definition) is 9. The number of pyridine rings is 1. The number of aromatic nitrogens is 2. The molecule has 2 aromatic carbocycles. The number of carbonyl (C=O) groups is 10. The quantitative estimate of drug-likeness (QED) is 0.0359. The van der Waals surface area contributed by atoms with Crippen molar-refractivity contribution < 1.29 is 66.9 Å². The van der Waals surface area contributed by atoms with E-state index in [1.165, 1.54) is 29.1 Å². The topological polar surface area (TPSA) is 334 Å². The summed E-state index contributed by atoms with van der Waals surface area (Å²) in [6, 6.07) is 10.5. The summed E-state index contributed by atoms with van der Waals surface area (Å²) >= 11 is 0. The van der Waals surface area contributed by atoms with E-state index in [1.54, 1.807) is 49.7 Å². The van der Waals surface area contributed by atoms with Gasteiger partial charge < -0.3 is 62.2 Å². The molecule has 1 aliphatic heterocycles. The van der Waals surface area contributed by atoms with Gasteiger partial charge in [0, 0.05) is 74.6 Å². The first kappa shape index (κ1) is 62.2. The normalized spacial score (nSPS) is 14.6. The number of hydrogen-bond acceptors (Lipinski definition) is 12. The Kier molecular flexibility index (Phi) is 22.9. The van der Waals surface area contributed by atoms with Gasteiger partial charge in [-0.15, -0.1) is 0 Å². The molecule has 25 heteroatoms. The molecule has 9 amide bonds. The van der Waals surface area contributed by atoms with Crippen LogP contribution < -0.4 is 37.6 Å². The van der Waals surface area contributed by atoms with E-state index in [1.807, 2.05) is 30.3 Å². The van der Waals surface area contributed by atoms with Gasteiger partial charge in [0.05, 0.1) is 31.8 Å². The van der Waals surface area contributed by atoms with Gasteiger partial charge in [-0.3, -0.25) is 52.9 Å². The van der Waals surface area contributed by atoms with Crippen molar-refractivity contribution in [3.05, 3.63) is 114 Å². The van der Waals surface area contributed by atoms with Crippen molar-refractivity contribution in [3.8, 4) is 11.1 Å². The Balaban J connectivity index is 1.42. The summed E-state index contributed by atoms with van der Waals surface area (Å²) in [5.74, 6) is -9.71. The van der Waals surface area contributed by atoms with Crippen molar-refractivity contribution in [3.63, 3.8) is 0 Å². The number of rotatable bonds is 28. The maximum Gasteiger partial charge on any atom is 0.303 e. The zero-order valence-electron chi connectivity index (χ0n) is 45.0. The van der Waals surface area contributed by atoms with Crippen LogP contribution in [0.4, 0.5) is 8.78 Å². The van der Waals surface area contributed by atoms with Crippen LogP contribution in [-0.4, -0.2) is 152 Å². The SMILES string of the molecule is C[C@H](NC(=O)Cc1ccncc1)C(=O)N1CCC[C@@H]1C(=O)N[C@@H](CC(N)=O)C(=O)N[C@@H](CCN(C(=O)CO)[C@@H](c1cc(-c2cc(F)ccc2F)cn1Cc1ccccc1)C(C)(C)C)C(=O)NCCNC(=O)CNC(=O)CCC(=O)O. The van der Waals surface area contributed by atoms with Gasteiger partial charge in [-0.25, -0.2) is 8.78 Å². The van der Waals surface area contributed by atoms with Gasteiger partial charge in [-0.1, -0.05) is 51.1 Å². The zero-order chi connectivity index (χ0) is 58.7. The first-order valence-corrected chi connectivity index (χ1v) is 26.0. The highest BCUT2D eigenvalue weighted by molar-refractivity contribution is 5.97. The Hall–Kier alpha value is -8.61. The molecule has 1 fully saturated rings. The van der Waals surface area contributed by atoms with Crippen LogP contribution in [0.5, 0.6) is 0 Å². The van der Waals surface area contributed by atoms with Crippen molar-refractivity contribution in [2.75, 3.05) is 39.3 Å². The second-order valence-corrected chi connectivity index (χ2v) is 20.3. The number of aliphatic hydroxyl groups is 1. The molecule has 1 saturated heterocycles. The fourth-order valence-electron chi connectivity index (χ4n) is 9.24. The fraction of sp³-hybridized carbons (Fsp3) is 0.436. The Morgan fingerprint density at radius 1 is 0.812 bits per heavy atom. The van der Waals surface area contributed by atoms with Crippen LogP contribution in [-0.2, 0) is 60.9 Å². The fourth-order valence-corrected chi connectivity index (χ4v) is 9.24. The molecule has 1 aliphatic rings.